The molecule has 3 aromatic rings. The van der Waals surface area contributed by atoms with Crippen molar-refractivity contribution >= 4 is 40.1 Å². The molecule has 6 nitrogen and oxygen atoms in total. The van der Waals surface area contributed by atoms with E-state index in [1.807, 2.05) is 0 Å². The molecule has 20 heavy (non-hydrogen) atoms. The molecule has 0 radical (unpaired) electrons. The van der Waals surface area contributed by atoms with Crippen molar-refractivity contribution in [3.05, 3.63) is 51.7 Å². The smallest absolute Gasteiger partial charge is 0.287 e. The monoisotopic (exact) mass is 307 g/mol. The predicted molar refractivity (Wildman–Crippen MR) is 74.0 cm³/mol. The number of benzene rings is 1. The zero-order valence-electron chi connectivity index (χ0n) is 9.82. The van der Waals surface area contributed by atoms with Crippen LogP contribution in [0.2, 0.25) is 5.02 Å². The van der Waals surface area contributed by atoms with Crippen molar-refractivity contribution in [2.24, 2.45) is 0 Å². The number of nitrogens with zero attached hydrogens (tertiary/aromatic N) is 3. The van der Waals surface area contributed by atoms with E-state index >= 15 is 0 Å². The lowest BCUT2D eigenvalue weighted by Crippen LogP contribution is -1.89. The second kappa shape index (κ2) is 5.10. The van der Waals surface area contributed by atoms with Crippen LogP contribution in [0.3, 0.4) is 0 Å². The normalized spacial score (nSPS) is 10.8. The van der Waals surface area contributed by atoms with Gasteiger partial charge in [0, 0.05) is 11.1 Å². The fourth-order valence-corrected chi connectivity index (χ4v) is 2.42. The van der Waals surface area contributed by atoms with Crippen molar-refractivity contribution in [1.29, 1.82) is 0 Å². The Balaban J connectivity index is 1.87. The predicted octanol–water partition coefficient (Wildman–Crippen LogP) is 3.94. The van der Waals surface area contributed by atoms with Crippen molar-refractivity contribution in [1.82, 2.24) is 9.97 Å². The molecule has 0 N–H and O–H groups in total. The molecule has 0 saturated heterocycles. The first kappa shape index (κ1) is 12.9. The van der Waals surface area contributed by atoms with E-state index in [-0.39, 0.29) is 5.69 Å². The number of fused-ring (bicyclic) bond motifs is 1. The summed E-state index contributed by atoms with van der Waals surface area (Å²) in [7, 11) is 0. The lowest BCUT2D eigenvalue weighted by molar-refractivity contribution is -0.385. The number of nitro groups is 1. The third kappa shape index (κ3) is 2.59. The van der Waals surface area contributed by atoms with Gasteiger partial charge in [0.2, 0.25) is 0 Å². The lowest BCUT2D eigenvalue weighted by Gasteiger charge is -1.95. The SMILES string of the molecule is O=[N+]([O-])c1ccc(Sc2nc3cc(Cl)ccc3o2)nc1. The average molecular weight is 308 g/mol. The average Bonchev–Trinajstić information content (AvgIpc) is 2.80. The number of hydrogen-bond acceptors (Lipinski definition) is 6. The summed E-state index contributed by atoms with van der Waals surface area (Å²) in [5.41, 5.74) is 1.22. The fourth-order valence-electron chi connectivity index (χ4n) is 1.55. The third-order valence-electron chi connectivity index (χ3n) is 2.45. The standard InChI is InChI=1S/C12H6ClN3O3S/c13-7-1-3-10-9(5-7)15-12(19-10)20-11-4-2-8(6-14-11)16(17)18/h1-6H. The minimum atomic E-state index is -0.497. The van der Waals surface area contributed by atoms with Gasteiger partial charge in [0.05, 0.1) is 4.92 Å². The van der Waals surface area contributed by atoms with Crippen LogP contribution in [-0.2, 0) is 0 Å². The molecule has 0 aliphatic heterocycles. The highest BCUT2D eigenvalue weighted by atomic mass is 35.5. The van der Waals surface area contributed by atoms with Gasteiger partial charge in [-0.1, -0.05) is 11.6 Å². The maximum Gasteiger partial charge on any atom is 0.287 e. The summed E-state index contributed by atoms with van der Waals surface area (Å²) in [4.78, 5) is 18.3. The molecule has 0 fully saturated rings. The summed E-state index contributed by atoms with van der Waals surface area (Å²) in [6.07, 6.45) is 1.20. The van der Waals surface area contributed by atoms with Crippen LogP contribution < -0.4 is 0 Å². The molecule has 1 aromatic carbocycles. The number of hydrogen-bond donors (Lipinski definition) is 0. The first-order valence-electron chi connectivity index (χ1n) is 5.46. The van der Waals surface area contributed by atoms with Crippen molar-refractivity contribution in [2.45, 2.75) is 10.2 Å². The van der Waals surface area contributed by atoms with Gasteiger partial charge in [-0.3, -0.25) is 10.1 Å². The van der Waals surface area contributed by atoms with Gasteiger partial charge >= 0.3 is 0 Å². The summed E-state index contributed by atoms with van der Waals surface area (Å²) >= 11 is 7.06. The highest BCUT2D eigenvalue weighted by Crippen LogP contribution is 2.30. The Morgan fingerprint density at radius 3 is 2.85 bits per heavy atom. The molecule has 0 atom stereocenters. The van der Waals surface area contributed by atoms with Crippen LogP contribution in [-0.4, -0.2) is 14.9 Å². The first-order valence-corrected chi connectivity index (χ1v) is 6.66. The second-order valence-corrected chi connectivity index (χ2v) is 5.21. The second-order valence-electron chi connectivity index (χ2n) is 3.81. The number of aromatic nitrogens is 2. The molecular weight excluding hydrogens is 302 g/mol. The van der Waals surface area contributed by atoms with E-state index in [2.05, 4.69) is 9.97 Å². The lowest BCUT2D eigenvalue weighted by atomic mass is 10.3. The van der Waals surface area contributed by atoms with Crippen LogP contribution in [0.4, 0.5) is 5.69 Å². The molecule has 0 bridgehead atoms. The van der Waals surface area contributed by atoms with E-state index in [4.69, 9.17) is 16.0 Å². The largest absolute Gasteiger partial charge is 0.431 e. The molecule has 8 heteroatoms. The van der Waals surface area contributed by atoms with Crippen molar-refractivity contribution in [3.63, 3.8) is 0 Å². The van der Waals surface area contributed by atoms with Gasteiger partial charge in [0.1, 0.15) is 16.7 Å². The van der Waals surface area contributed by atoms with E-state index in [9.17, 15) is 10.1 Å². The van der Waals surface area contributed by atoms with Gasteiger partial charge in [-0.2, -0.15) is 0 Å². The van der Waals surface area contributed by atoms with Gasteiger partial charge in [-0.05, 0) is 36.0 Å². The zero-order chi connectivity index (χ0) is 14.1. The molecule has 0 spiro atoms. The van der Waals surface area contributed by atoms with Crippen LogP contribution in [0.1, 0.15) is 0 Å². The highest BCUT2D eigenvalue weighted by molar-refractivity contribution is 7.99. The summed E-state index contributed by atoms with van der Waals surface area (Å²) in [5.74, 6) is 0. The van der Waals surface area contributed by atoms with Gasteiger partial charge < -0.3 is 4.42 Å². The first-order chi connectivity index (χ1) is 9.61. The van der Waals surface area contributed by atoms with Gasteiger partial charge in [-0.15, -0.1) is 0 Å². The number of pyridine rings is 1. The number of oxazole rings is 1. The molecule has 2 heterocycles. The van der Waals surface area contributed by atoms with Gasteiger partial charge in [-0.25, -0.2) is 9.97 Å². The summed E-state index contributed by atoms with van der Waals surface area (Å²) in [5, 5.41) is 12.1. The molecule has 0 aliphatic carbocycles. The van der Waals surface area contributed by atoms with Crippen LogP contribution in [0, 0.1) is 10.1 Å². The van der Waals surface area contributed by atoms with Crippen molar-refractivity contribution in [3.8, 4) is 0 Å². The number of halogens is 1. The van der Waals surface area contributed by atoms with Crippen molar-refractivity contribution in [2.75, 3.05) is 0 Å². The zero-order valence-corrected chi connectivity index (χ0v) is 11.4. The van der Waals surface area contributed by atoms with Crippen LogP contribution in [0.15, 0.2) is 51.2 Å². The molecule has 0 amide bonds. The van der Waals surface area contributed by atoms with Gasteiger partial charge in [0.15, 0.2) is 5.58 Å². The maximum absolute atomic E-state index is 10.5. The van der Waals surface area contributed by atoms with E-state index in [0.29, 0.717) is 26.4 Å². The Morgan fingerprint density at radius 2 is 2.15 bits per heavy atom. The quantitative estimate of drug-likeness (QED) is 0.538. The van der Waals surface area contributed by atoms with Crippen molar-refractivity contribution < 1.29 is 9.34 Å². The van der Waals surface area contributed by atoms with Crippen LogP contribution >= 0.6 is 23.4 Å². The Hall–Kier alpha value is -2.12. The molecule has 0 saturated carbocycles. The molecular formula is C12H6ClN3O3S. The molecule has 2 aromatic heterocycles. The Labute approximate surface area is 121 Å². The molecule has 3 rings (SSSR count). The van der Waals surface area contributed by atoms with E-state index in [1.165, 1.54) is 24.0 Å². The molecule has 0 aliphatic rings. The minimum Gasteiger partial charge on any atom is -0.431 e. The highest BCUT2D eigenvalue weighted by Gasteiger charge is 2.10. The Bertz CT molecular complexity index is 788. The fraction of sp³-hybridized carbons (Fsp3) is 0. The van der Waals surface area contributed by atoms with E-state index in [1.54, 1.807) is 24.3 Å². The Morgan fingerprint density at radius 1 is 1.30 bits per heavy atom. The van der Waals surface area contributed by atoms with E-state index < -0.39 is 4.92 Å². The maximum atomic E-state index is 10.5. The van der Waals surface area contributed by atoms with E-state index in [0.717, 1.165) is 0 Å². The van der Waals surface area contributed by atoms with Crippen LogP contribution in [0.5, 0.6) is 0 Å². The number of rotatable bonds is 3. The topological polar surface area (TPSA) is 82.1 Å². The molecule has 100 valence electrons. The third-order valence-corrected chi connectivity index (χ3v) is 3.49. The summed E-state index contributed by atoms with van der Waals surface area (Å²) in [6.45, 7) is 0. The summed E-state index contributed by atoms with van der Waals surface area (Å²) in [6, 6.07) is 8.08. The minimum absolute atomic E-state index is 0.0568. The Kier molecular flexibility index (Phi) is 3.29. The van der Waals surface area contributed by atoms with Crippen LogP contribution in [0.25, 0.3) is 11.1 Å². The van der Waals surface area contributed by atoms with Gasteiger partial charge in [0.25, 0.3) is 10.9 Å². The summed E-state index contributed by atoms with van der Waals surface area (Å²) < 4.78 is 5.52. The molecule has 0 unspecified atom stereocenters.